The van der Waals surface area contributed by atoms with Gasteiger partial charge in [-0.05, 0) is 18.4 Å². The van der Waals surface area contributed by atoms with E-state index in [2.05, 4.69) is 5.32 Å². The minimum atomic E-state index is -1.24. The van der Waals surface area contributed by atoms with E-state index in [-0.39, 0.29) is 6.04 Å². The van der Waals surface area contributed by atoms with Gasteiger partial charge in [0, 0.05) is 36.5 Å². The van der Waals surface area contributed by atoms with Crippen molar-refractivity contribution in [3.05, 3.63) is 34.5 Å². The summed E-state index contributed by atoms with van der Waals surface area (Å²) in [5, 5.41) is 12.4. The molecule has 0 aliphatic heterocycles. The minimum Gasteiger partial charge on any atom is -0.478 e. The summed E-state index contributed by atoms with van der Waals surface area (Å²) in [5.41, 5.74) is 0. The molecule has 2 N–H and O–H groups in total. The highest BCUT2D eigenvalue weighted by molar-refractivity contribution is 7.09. The predicted octanol–water partition coefficient (Wildman–Crippen LogP) is 1.49. The first-order valence-electron chi connectivity index (χ1n) is 5.91. The number of imide groups is 1. The van der Waals surface area contributed by atoms with E-state index in [4.69, 9.17) is 5.11 Å². The van der Waals surface area contributed by atoms with Crippen LogP contribution >= 0.6 is 11.3 Å². The van der Waals surface area contributed by atoms with Gasteiger partial charge in [0.25, 0.3) is 5.91 Å². The molecule has 6 nitrogen and oxygen atoms in total. The van der Waals surface area contributed by atoms with Crippen LogP contribution in [0.25, 0.3) is 0 Å². The molecule has 0 radical (unpaired) electrons. The molecule has 0 aliphatic rings. The Morgan fingerprint density at radius 1 is 1.45 bits per heavy atom. The third-order valence-electron chi connectivity index (χ3n) is 2.67. The summed E-state index contributed by atoms with van der Waals surface area (Å²) in [6.07, 6.45) is 2.18. The van der Waals surface area contributed by atoms with Crippen molar-refractivity contribution in [2.45, 2.75) is 19.4 Å². The Hall–Kier alpha value is -2.15. The molecule has 1 rings (SSSR count). The van der Waals surface area contributed by atoms with E-state index in [1.165, 1.54) is 4.90 Å². The zero-order valence-corrected chi connectivity index (χ0v) is 12.0. The molecule has 1 aromatic heterocycles. The maximum absolute atomic E-state index is 11.8. The van der Waals surface area contributed by atoms with E-state index in [0.717, 1.165) is 11.0 Å². The maximum atomic E-state index is 11.8. The highest BCUT2D eigenvalue weighted by atomic mass is 32.1. The number of nitrogens with zero attached hydrogens (tertiary/aromatic N) is 1. The van der Waals surface area contributed by atoms with Crippen LogP contribution < -0.4 is 5.32 Å². The molecular weight excluding hydrogens is 280 g/mol. The number of aliphatic carboxylic acids is 1. The van der Waals surface area contributed by atoms with Gasteiger partial charge in [0.2, 0.25) is 0 Å². The fourth-order valence-corrected chi connectivity index (χ4v) is 2.27. The van der Waals surface area contributed by atoms with Gasteiger partial charge in [-0.2, -0.15) is 0 Å². The third kappa shape index (κ3) is 5.23. The number of urea groups is 1. The summed E-state index contributed by atoms with van der Waals surface area (Å²) in [6, 6.07) is 3.28. The molecule has 1 heterocycles. The zero-order valence-electron chi connectivity index (χ0n) is 11.2. The Kier molecular flexibility index (Phi) is 5.92. The van der Waals surface area contributed by atoms with Crippen molar-refractivity contribution in [1.82, 2.24) is 10.2 Å². The molecule has 0 spiro atoms. The number of hydrogen-bond acceptors (Lipinski definition) is 4. The lowest BCUT2D eigenvalue weighted by atomic mass is 10.2. The summed E-state index contributed by atoms with van der Waals surface area (Å²) in [5.74, 6) is -2.00. The van der Waals surface area contributed by atoms with Gasteiger partial charge in [0.05, 0.1) is 0 Å². The van der Waals surface area contributed by atoms with Crippen LogP contribution in [0.5, 0.6) is 0 Å². The summed E-state index contributed by atoms with van der Waals surface area (Å²) < 4.78 is 0. The molecule has 1 atom stereocenters. The number of carboxylic acid groups (broad SMARTS) is 1. The van der Waals surface area contributed by atoms with Gasteiger partial charge < -0.3 is 10.0 Å². The van der Waals surface area contributed by atoms with Crippen molar-refractivity contribution in [2.24, 2.45) is 0 Å². The number of hydrogen-bond donors (Lipinski definition) is 2. The molecule has 0 fully saturated rings. The summed E-state index contributed by atoms with van der Waals surface area (Å²) >= 11 is 1.60. The monoisotopic (exact) mass is 296 g/mol. The van der Waals surface area contributed by atoms with Crippen LogP contribution in [0.3, 0.4) is 0 Å². The number of thiophene rings is 1. The molecule has 7 heteroatoms. The highest BCUT2D eigenvalue weighted by Gasteiger charge is 2.17. The number of rotatable bonds is 5. The van der Waals surface area contributed by atoms with Gasteiger partial charge in [-0.3, -0.25) is 10.1 Å². The average molecular weight is 296 g/mol. The topological polar surface area (TPSA) is 86.7 Å². The Balaban J connectivity index is 2.49. The smallest absolute Gasteiger partial charge is 0.328 e. The Bertz CT molecular complexity index is 510. The average Bonchev–Trinajstić information content (AvgIpc) is 2.88. The lowest BCUT2D eigenvalue weighted by molar-refractivity contribution is -0.131. The lowest BCUT2D eigenvalue weighted by Gasteiger charge is -2.24. The molecule has 0 saturated carbocycles. The molecule has 0 aliphatic carbocycles. The maximum Gasteiger partial charge on any atom is 0.328 e. The Morgan fingerprint density at radius 2 is 2.15 bits per heavy atom. The van der Waals surface area contributed by atoms with Gasteiger partial charge in [-0.25, -0.2) is 9.59 Å². The van der Waals surface area contributed by atoms with Crippen LogP contribution in [0, 0.1) is 0 Å². The summed E-state index contributed by atoms with van der Waals surface area (Å²) in [7, 11) is 1.59. The first-order chi connectivity index (χ1) is 9.40. The predicted molar refractivity (Wildman–Crippen MR) is 75.6 cm³/mol. The Morgan fingerprint density at radius 3 is 2.70 bits per heavy atom. The van der Waals surface area contributed by atoms with Crippen LogP contribution in [-0.2, 0) is 16.0 Å². The van der Waals surface area contributed by atoms with Crippen LogP contribution in [0.15, 0.2) is 29.7 Å². The van der Waals surface area contributed by atoms with E-state index in [1.54, 1.807) is 18.4 Å². The Labute approximate surface area is 120 Å². The zero-order chi connectivity index (χ0) is 15.1. The van der Waals surface area contributed by atoms with Crippen LogP contribution in [0.1, 0.15) is 11.8 Å². The van der Waals surface area contributed by atoms with Crippen LogP contribution in [-0.4, -0.2) is 41.0 Å². The van der Waals surface area contributed by atoms with E-state index in [1.807, 2.05) is 24.4 Å². The molecule has 0 bridgehead atoms. The van der Waals surface area contributed by atoms with Gasteiger partial charge >= 0.3 is 12.0 Å². The van der Waals surface area contributed by atoms with E-state index >= 15 is 0 Å². The normalized spacial score (nSPS) is 12.1. The number of carbonyl (C=O) groups is 3. The van der Waals surface area contributed by atoms with Crippen LogP contribution in [0.2, 0.25) is 0 Å². The summed E-state index contributed by atoms with van der Waals surface area (Å²) in [6.45, 7) is 1.87. The fraction of sp³-hybridized carbons (Fsp3) is 0.308. The van der Waals surface area contributed by atoms with Crippen molar-refractivity contribution in [3.8, 4) is 0 Å². The van der Waals surface area contributed by atoms with E-state index in [0.29, 0.717) is 12.5 Å². The number of carboxylic acids is 1. The van der Waals surface area contributed by atoms with E-state index < -0.39 is 17.9 Å². The van der Waals surface area contributed by atoms with Gasteiger partial charge in [0.1, 0.15) is 0 Å². The molecule has 20 heavy (non-hydrogen) atoms. The second-order valence-corrected chi connectivity index (χ2v) is 5.24. The van der Waals surface area contributed by atoms with Gasteiger partial charge in [0.15, 0.2) is 0 Å². The number of carbonyl (C=O) groups excluding carboxylic acids is 2. The van der Waals surface area contributed by atoms with Crippen molar-refractivity contribution >= 4 is 29.2 Å². The largest absolute Gasteiger partial charge is 0.478 e. The second kappa shape index (κ2) is 7.44. The second-order valence-electron chi connectivity index (χ2n) is 4.21. The van der Waals surface area contributed by atoms with Gasteiger partial charge in [-0.15, -0.1) is 11.3 Å². The fourth-order valence-electron chi connectivity index (χ4n) is 1.44. The lowest BCUT2D eigenvalue weighted by Crippen LogP contribution is -2.45. The number of amides is 3. The molecule has 0 saturated heterocycles. The molecule has 1 unspecified atom stereocenters. The molecule has 3 amide bonds. The van der Waals surface area contributed by atoms with Crippen molar-refractivity contribution in [3.63, 3.8) is 0 Å². The van der Waals surface area contributed by atoms with E-state index in [9.17, 15) is 14.4 Å². The number of nitrogens with one attached hydrogen (secondary N) is 1. The van der Waals surface area contributed by atoms with Crippen molar-refractivity contribution in [1.29, 1.82) is 0 Å². The first kappa shape index (κ1) is 15.9. The summed E-state index contributed by atoms with van der Waals surface area (Å²) in [4.78, 5) is 35.9. The highest BCUT2D eigenvalue weighted by Crippen LogP contribution is 2.13. The standard InChI is InChI=1S/C13H16N2O4S/c1-9(8-10-4-3-7-20-10)15(2)13(19)14-11(16)5-6-12(17)18/h3-7,9H,8H2,1-2H3,(H,17,18)(H,14,16,19). The SMILES string of the molecule is CC(Cc1cccs1)N(C)C(=O)NC(=O)C=CC(=O)O. The van der Waals surface area contributed by atoms with Crippen LogP contribution in [0.4, 0.5) is 4.79 Å². The minimum absolute atomic E-state index is 0.0788. The molecule has 1 aromatic rings. The molecular formula is C13H16N2O4S. The third-order valence-corrected chi connectivity index (χ3v) is 3.56. The quantitative estimate of drug-likeness (QED) is 0.806. The molecule has 108 valence electrons. The van der Waals surface area contributed by atoms with Crippen molar-refractivity contribution < 1.29 is 19.5 Å². The van der Waals surface area contributed by atoms with Gasteiger partial charge in [-0.1, -0.05) is 6.07 Å². The first-order valence-corrected chi connectivity index (χ1v) is 6.79. The van der Waals surface area contributed by atoms with Crippen molar-refractivity contribution in [2.75, 3.05) is 7.05 Å². The number of likely N-dealkylation sites (N-methyl/N-ethyl adjacent to an activating group) is 1. The molecule has 0 aromatic carbocycles.